The van der Waals surface area contributed by atoms with Crippen LogP contribution in [0.15, 0.2) is 0 Å². The van der Waals surface area contributed by atoms with Gasteiger partial charge in [0.1, 0.15) is 0 Å². The van der Waals surface area contributed by atoms with Gasteiger partial charge in [-0.25, -0.2) is 0 Å². The van der Waals surface area contributed by atoms with Gasteiger partial charge in [0.05, 0.1) is 6.42 Å². The summed E-state index contributed by atoms with van der Waals surface area (Å²) in [6.07, 6.45) is -0.164. The Morgan fingerprint density at radius 2 is 2.20 bits per heavy atom. The van der Waals surface area contributed by atoms with Crippen molar-refractivity contribution < 1.29 is 35.8 Å². The number of carbonyl (C=O) groups excluding carboxylic acids is 1. The van der Waals surface area contributed by atoms with Crippen LogP contribution in [0.25, 0.3) is 0 Å². The molecule has 1 aromatic heterocycles. The van der Waals surface area contributed by atoms with Crippen molar-refractivity contribution in [1.82, 2.24) is 4.98 Å². The predicted molar refractivity (Wildman–Crippen MR) is 51.4 cm³/mol. The summed E-state index contributed by atoms with van der Waals surface area (Å²) in [6.45, 7) is 1.41. The van der Waals surface area contributed by atoms with Gasteiger partial charge in [-0.05, 0) is 12.7 Å². The van der Waals surface area contributed by atoms with Crippen LogP contribution in [0.4, 0.5) is 5.13 Å². The maximum atomic E-state index is 10.9. The first-order valence-corrected chi connectivity index (χ1v) is 4.66. The molecule has 0 aliphatic heterocycles. The molecule has 0 saturated heterocycles. The van der Waals surface area contributed by atoms with Crippen molar-refractivity contribution in [2.24, 2.45) is 0 Å². The van der Waals surface area contributed by atoms with E-state index in [1.807, 2.05) is 0 Å². The second-order valence-corrected chi connectivity index (χ2v) is 3.47. The maximum Gasteiger partial charge on any atom is 0.307 e. The molecule has 1 rings (SSSR count). The maximum absolute atomic E-state index is 10.9. The fourth-order valence-electron chi connectivity index (χ4n) is 0.763. The zero-order valence-corrected chi connectivity index (χ0v) is 11.9. The third-order valence-electron chi connectivity index (χ3n) is 1.57. The van der Waals surface area contributed by atoms with Crippen LogP contribution in [0.5, 0.6) is 0 Å². The van der Waals surface area contributed by atoms with E-state index in [0.717, 1.165) is 11.3 Å². The van der Waals surface area contributed by atoms with E-state index in [1.54, 1.807) is 7.05 Å². The predicted octanol–water partition coefficient (Wildman–Crippen LogP) is 0.551. The zero-order valence-electron chi connectivity index (χ0n) is 8.18. The largest absolute Gasteiger partial charge is 0.481 e. The van der Waals surface area contributed by atoms with Crippen molar-refractivity contribution in [3.63, 3.8) is 0 Å². The molecule has 0 aliphatic rings. The monoisotopic (exact) mass is 397 g/mol. The molecule has 0 fully saturated rings. The van der Waals surface area contributed by atoms with E-state index >= 15 is 0 Å². The molecule has 1 amide bonds. The molecule has 0 spiro atoms. The third kappa shape index (κ3) is 4.09. The van der Waals surface area contributed by atoms with Gasteiger partial charge in [0.2, 0.25) is 5.91 Å². The molecule has 7 heteroatoms. The summed E-state index contributed by atoms with van der Waals surface area (Å²) in [6, 6.07) is 0. The Morgan fingerprint density at radius 3 is 2.67 bits per heavy atom. The standard InChI is InChI=1S/C8H9N2O3S.W/c1-5(11)10(2)8-9-6(4-14-8)3-7(12)13;/h3H2,1-2H3,(H,12,13);/q-1;. The Hall–Kier alpha value is -0.742. The van der Waals surface area contributed by atoms with Crippen LogP contribution >= 0.6 is 11.3 Å². The molecule has 15 heavy (non-hydrogen) atoms. The Kier molecular flexibility index (Phi) is 5.68. The van der Waals surface area contributed by atoms with Gasteiger partial charge in [-0.2, -0.15) is 5.38 Å². The first-order chi connectivity index (χ1) is 6.50. The molecule has 0 bridgehead atoms. The second-order valence-electron chi connectivity index (χ2n) is 2.69. The van der Waals surface area contributed by atoms with Crippen LogP contribution in [0, 0.1) is 5.38 Å². The first kappa shape index (κ1) is 14.3. The number of anilines is 1. The van der Waals surface area contributed by atoms with Gasteiger partial charge in [-0.15, -0.1) is 0 Å². The molecular formula is C8H9N2O3SW-. The van der Waals surface area contributed by atoms with Gasteiger partial charge in [0.15, 0.2) is 0 Å². The number of thiazole rings is 1. The normalized spacial score (nSPS) is 9.20. The number of aromatic nitrogens is 1. The summed E-state index contributed by atoms with van der Waals surface area (Å²) >= 11 is 1.13. The molecule has 0 aliphatic carbocycles. The minimum absolute atomic E-state index is 0. The fraction of sp³-hybridized carbons (Fsp3) is 0.375. The molecule has 1 aromatic rings. The van der Waals surface area contributed by atoms with E-state index in [0.29, 0.717) is 10.8 Å². The van der Waals surface area contributed by atoms with Crippen molar-refractivity contribution in [2.75, 3.05) is 11.9 Å². The Balaban J connectivity index is 0.00000196. The van der Waals surface area contributed by atoms with Gasteiger partial charge >= 0.3 is 5.97 Å². The van der Waals surface area contributed by atoms with E-state index in [2.05, 4.69) is 10.4 Å². The number of carboxylic acids is 1. The average molecular weight is 397 g/mol. The Morgan fingerprint density at radius 1 is 1.60 bits per heavy atom. The first-order valence-electron chi connectivity index (χ1n) is 3.84. The van der Waals surface area contributed by atoms with E-state index in [9.17, 15) is 9.59 Å². The summed E-state index contributed by atoms with van der Waals surface area (Å²) < 4.78 is 0. The van der Waals surface area contributed by atoms with Crippen LogP contribution in [0.2, 0.25) is 0 Å². The number of carboxylic acid groups (broad SMARTS) is 1. The number of rotatable bonds is 3. The Bertz CT molecular complexity index is 367. The number of hydrogen-bond donors (Lipinski definition) is 1. The van der Waals surface area contributed by atoms with Crippen LogP contribution in [-0.2, 0) is 37.1 Å². The topological polar surface area (TPSA) is 70.5 Å². The van der Waals surface area contributed by atoms with Crippen molar-refractivity contribution in [2.45, 2.75) is 13.3 Å². The van der Waals surface area contributed by atoms with Gasteiger partial charge in [-0.1, -0.05) is 0 Å². The van der Waals surface area contributed by atoms with E-state index in [4.69, 9.17) is 5.11 Å². The van der Waals surface area contributed by atoms with Gasteiger partial charge in [0.25, 0.3) is 0 Å². The molecule has 0 radical (unpaired) electrons. The number of nitrogens with zero attached hydrogens (tertiary/aromatic N) is 2. The van der Waals surface area contributed by atoms with Gasteiger partial charge in [0, 0.05) is 33.1 Å². The molecule has 82 valence electrons. The van der Waals surface area contributed by atoms with Crippen LogP contribution in [0.1, 0.15) is 12.6 Å². The quantitative estimate of drug-likeness (QED) is 0.757. The molecular weight excluding hydrogens is 388 g/mol. The van der Waals surface area contributed by atoms with Crippen molar-refractivity contribution >= 4 is 28.3 Å². The van der Waals surface area contributed by atoms with Gasteiger partial charge < -0.3 is 26.3 Å². The van der Waals surface area contributed by atoms with E-state index < -0.39 is 5.97 Å². The van der Waals surface area contributed by atoms with E-state index in [1.165, 1.54) is 11.8 Å². The molecule has 1 N–H and O–H groups in total. The average Bonchev–Trinajstić information content (AvgIpc) is 2.50. The second kappa shape index (κ2) is 5.98. The van der Waals surface area contributed by atoms with Crippen LogP contribution in [-0.4, -0.2) is 29.0 Å². The molecule has 0 saturated carbocycles. The zero-order chi connectivity index (χ0) is 10.7. The van der Waals surface area contributed by atoms with Gasteiger partial charge in [-0.3, -0.25) is 9.59 Å². The van der Waals surface area contributed by atoms with E-state index in [-0.39, 0.29) is 33.4 Å². The summed E-state index contributed by atoms with van der Waals surface area (Å²) in [5, 5.41) is 11.7. The summed E-state index contributed by atoms with van der Waals surface area (Å²) in [7, 11) is 1.58. The summed E-state index contributed by atoms with van der Waals surface area (Å²) in [4.78, 5) is 26.6. The molecule has 0 aromatic carbocycles. The minimum atomic E-state index is -0.955. The third-order valence-corrected chi connectivity index (χ3v) is 2.45. The number of amides is 1. The number of aliphatic carboxylic acids is 1. The molecule has 0 unspecified atom stereocenters. The van der Waals surface area contributed by atoms with Crippen molar-refractivity contribution in [1.29, 1.82) is 0 Å². The number of hydrogen-bond acceptors (Lipinski definition) is 4. The SMILES string of the molecule is CC(=O)N(C)c1nc(CC(=O)O)[c-]s1.[W]. The smallest absolute Gasteiger partial charge is 0.307 e. The Labute approximate surface area is 105 Å². The van der Waals surface area contributed by atoms with Crippen LogP contribution < -0.4 is 4.90 Å². The summed E-state index contributed by atoms with van der Waals surface area (Å²) in [5.74, 6) is -1.10. The summed E-state index contributed by atoms with van der Waals surface area (Å²) in [5.41, 5.74) is 0.352. The fourth-order valence-corrected chi connectivity index (χ4v) is 1.51. The number of carbonyl (C=O) groups is 2. The molecule has 5 nitrogen and oxygen atoms in total. The molecule has 1 heterocycles. The molecule has 0 atom stereocenters. The van der Waals surface area contributed by atoms with Crippen LogP contribution in [0.3, 0.4) is 0 Å². The minimum Gasteiger partial charge on any atom is -0.481 e. The van der Waals surface area contributed by atoms with Crippen molar-refractivity contribution in [3.8, 4) is 0 Å². The van der Waals surface area contributed by atoms with Crippen molar-refractivity contribution in [3.05, 3.63) is 11.1 Å².